The van der Waals surface area contributed by atoms with E-state index in [1.54, 1.807) is 18.3 Å². The van der Waals surface area contributed by atoms with Gasteiger partial charge in [0.1, 0.15) is 0 Å². The van der Waals surface area contributed by atoms with E-state index < -0.39 is 12.6 Å². The summed E-state index contributed by atoms with van der Waals surface area (Å²) in [6, 6.07) is 7.46. The Morgan fingerprint density at radius 1 is 1.31 bits per heavy atom. The number of pyridine rings is 1. The number of aromatic nitrogens is 2. The molecule has 0 aliphatic heterocycles. The lowest BCUT2D eigenvalue weighted by molar-refractivity contribution is -0.131. The van der Waals surface area contributed by atoms with Gasteiger partial charge in [0.25, 0.3) is 0 Å². The molecule has 0 radical (unpaired) electrons. The zero-order valence-corrected chi connectivity index (χ0v) is 18.2. The maximum Gasteiger partial charge on any atom is 0.390 e. The number of halogens is 3. The molecule has 4 nitrogen and oxygen atoms in total. The summed E-state index contributed by atoms with van der Waals surface area (Å²) in [4.78, 5) is 17.2. The van der Waals surface area contributed by atoms with Crippen LogP contribution in [0, 0.1) is 12.3 Å². The summed E-state index contributed by atoms with van der Waals surface area (Å²) >= 11 is 0. The summed E-state index contributed by atoms with van der Waals surface area (Å²) in [6.07, 6.45) is 2.79. The Balaban J connectivity index is 1.65. The van der Waals surface area contributed by atoms with Gasteiger partial charge in [0.15, 0.2) is 11.4 Å². The molecule has 1 fully saturated rings. The third kappa shape index (κ3) is 4.71. The molecule has 2 heterocycles. The van der Waals surface area contributed by atoms with Gasteiger partial charge in [-0.3, -0.25) is 9.20 Å². The summed E-state index contributed by atoms with van der Waals surface area (Å²) in [7, 11) is 0. The predicted molar refractivity (Wildman–Crippen MR) is 121 cm³/mol. The van der Waals surface area contributed by atoms with Crippen molar-refractivity contribution in [1.82, 2.24) is 9.38 Å². The van der Waals surface area contributed by atoms with E-state index in [1.165, 1.54) is 0 Å². The number of rotatable bonds is 8. The molecule has 32 heavy (non-hydrogen) atoms. The molecule has 1 saturated carbocycles. The molecular formula is C25H26F3N3O. The molecule has 1 N–H and O–H groups in total. The molecule has 1 aromatic carbocycles. The molecule has 0 bridgehead atoms. The minimum Gasteiger partial charge on any atom is -0.382 e. The molecule has 0 unspecified atom stereocenters. The fraction of sp³-hybridized carbons (Fsp3) is 0.360. The molecule has 0 amide bonds. The van der Waals surface area contributed by atoms with E-state index in [2.05, 4.69) is 23.8 Å². The lowest BCUT2D eigenvalue weighted by Crippen LogP contribution is -2.15. The maximum atomic E-state index is 12.7. The van der Waals surface area contributed by atoms with Crippen LogP contribution in [-0.2, 0) is 0 Å². The van der Waals surface area contributed by atoms with Crippen molar-refractivity contribution in [2.75, 3.05) is 11.9 Å². The minimum atomic E-state index is -4.23. The number of nitrogens with zero attached hydrogens (tertiary/aromatic N) is 2. The molecule has 2 aromatic heterocycles. The topological polar surface area (TPSA) is 46.4 Å². The lowest BCUT2D eigenvalue weighted by atomic mass is 9.93. The molecular weight excluding hydrogens is 415 g/mol. The number of carbonyl (C=O) groups is 1. The van der Waals surface area contributed by atoms with Gasteiger partial charge in [-0.1, -0.05) is 31.7 Å². The Kier molecular flexibility index (Phi) is 5.61. The first-order chi connectivity index (χ1) is 15.1. The van der Waals surface area contributed by atoms with Crippen molar-refractivity contribution in [3.05, 3.63) is 59.9 Å². The highest BCUT2D eigenvalue weighted by molar-refractivity contribution is 5.98. The zero-order valence-electron chi connectivity index (χ0n) is 18.2. The second-order valence-corrected chi connectivity index (χ2v) is 8.96. The average Bonchev–Trinajstić information content (AvgIpc) is 3.28. The Bertz CT molecular complexity index is 1190. The number of aryl methyl sites for hydroxylation is 1. The number of nitrogens with one attached hydrogen (secondary N) is 1. The summed E-state index contributed by atoms with van der Waals surface area (Å²) < 4.78 is 39.5. The first-order valence-electron chi connectivity index (χ1n) is 10.7. The number of ketones is 1. The van der Waals surface area contributed by atoms with Crippen molar-refractivity contribution < 1.29 is 18.0 Å². The highest BCUT2D eigenvalue weighted by atomic mass is 19.4. The van der Waals surface area contributed by atoms with Crippen molar-refractivity contribution in [2.24, 2.45) is 5.41 Å². The summed E-state index contributed by atoms with van der Waals surface area (Å²) in [5, 5.41) is 2.85. The average molecular weight is 441 g/mol. The van der Waals surface area contributed by atoms with Gasteiger partial charge in [-0.2, -0.15) is 13.2 Å². The molecule has 7 heteroatoms. The number of anilines is 1. The molecule has 3 aromatic rings. The summed E-state index contributed by atoms with van der Waals surface area (Å²) in [6.45, 7) is 7.61. The van der Waals surface area contributed by atoms with Crippen LogP contribution in [0.3, 0.4) is 0 Å². The number of hydrogen-bond acceptors (Lipinski definition) is 3. The highest BCUT2D eigenvalue weighted by Crippen LogP contribution is 2.48. The van der Waals surface area contributed by atoms with E-state index in [0.717, 1.165) is 40.8 Å². The Labute approximate surface area is 185 Å². The van der Waals surface area contributed by atoms with Gasteiger partial charge in [-0.05, 0) is 48.4 Å². The number of hydrogen-bond donors (Lipinski definition) is 1. The van der Waals surface area contributed by atoms with Crippen LogP contribution in [0.2, 0.25) is 0 Å². The van der Waals surface area contributed by atoms with Crippen LogP contribution in [0.1, 0.15) is 54.1 Å². The second-order valence-electron chi connectivity index (χ2n) is 8.96. The Morgan fingerprint density at radius 2 is 2.06 bits per heavy atom. The first-order valence-corrected chi connectivity index (χ1v) is 10.7. The second kappa shape index (κ2) is 8.11. The van der Waals surface area contributed by atoms with Crippen LogP contribution >= 0.6 is 0 Å². The quantitative estimate of drug-likeness (QED) is 0.396. The summed E-state index contributed by atoms with van der Waals surface area (Å²) in [5.74, 6) is 0.164. The van der Waals surface area contributed by atoms with Gasteiger partial charge in [0.05, 0.1) is 24.0 Å². The van der Waals surface area contributed by atoms with Crippen molar-refractivity contribution in [3.63, 3.8) is 0 Å². The molecule has 0 atom stereocenters. The summed E-state index contributed by atoms with van der Waals surface area (Å²) in [5.41, 5.74) is 5.26. The minimum absolute atomic E-state index is 0.153. The number of Topliss-reactive ketones (excluding diaryl/α,β-unsaturated/α-hetero) is 1. The number of benzene rings is 1. The van der Waals surface area contributed by atoms with Gasteiger partial charge >= 0.3 is 6.18 Å². The van der Waals surface area contributed by atoms with Crippen LogP contribution in [-0.4, -0.2) is 27.9 Å². The monoisotopic (exact) mass is 441 g/mol. The third-order valence-electron chi connectivity index (χ3n) is 6.10. The van der Waals surface area contributed by atoms with Crippen LogP contribution in [0.5, 0.6) is 0 Å². The van der Waals surface area contributed by atoms with Gasteiger partial charge < -0.3 is 5.32 Å². The number of fused-ring (bicyclic) bond motifs is 1. The number of carbonyl (C=O) groups excluding carboxylic acids is 1. The molecule has 1 aliphatic carbocycles. The van der Waals surface area contributed by atoms with Crippen LogP contribution in [0.15, 0.2) is 43.2 Å². The maximum absolute atomic E-state index is 12.7. The van der Waals surface area contributed by atoms with Crippen molar-refractivity contribution in [2.45, 2.75) is 45.7 Å². The van der Waals surface area contributed by atoms with Crippen molar-refractivity contribution in [1.29, 1.82) is 0 Å². The smallest absolute Gasteiger partial charge is 0.382 e. The molecule has 1 aliphatic rings. The van der Waals surface area contributed by atoms with Gasteiger partial charge in [-0.25, -0.2) is 4.98 Å². The Hall–Kier alpha value is -3.09. The predicted octanol–water partition coefficient (Wildman–Crippen LogP) is 6.69. The van der Waals surface area contributed by atoms with Crippen molar-refractivity contribution >= 4 is 23.2 Å². The molecule has 4 rings (SSSR count). The van der Waals surface area contributed by atoms with E-state index in [-0.39, 0.29) is 17.7 Å². The van der Waals surface area contributed by atoms with E-state index in [1.807, 2.05) is 35.7 Å². The zero-order chi connectivity index (χ0) is 23.1. The van der Waals surface area contributed by atoms with Gasteiger partial charge in [0, 0.05) is 30.3 Å². The number of alkyl halides is 3. The lowest BCUT2D eigenvalue weighted by Gasteiger charge is -2.13. The van der Waals surface area contributed by atoms with Crippen LogP contribution in [0.25, 0.3) is 23.0 Å². The Morgan fingerprint density at radius 3 is 2.69 bits per heavy atom. The SMILES string of the molecule is C=Cc1cc(NCCC(F)(F)F)c2ncc(-c3ccc(C(=O)CC4(C)CC4)c(C)c3)n2c1. The molecule has 168 valence electrons. The number of imidazole rings is 1. The van der Waals surface area contributed by atoms with Crippen molar-refractivity contribution in [3.8, 4) is 11.3 Å². The third-order valence-corrected chi connectivity index (χ3v) is 6.10. The van der Waals surface area contributed by atoms with E-state index >= 15 is 0 Å². The van der Waals surface area contributed by atoms with Crippen LogP contribution < -0.4 is 5.32 Å². The molecule has 0 spiro atoms. The van der Waals surface area contributed by atoms with E-state index in [0.29, 0.717) is 17.8 Å². The van der Waals surface area contributed by atoms with Gasteiger partial charge in [0.2, 0.25) is 0 Å². The van der Waals surface area contributed by atoms with E-state index in [9.17, 15) is 18.0 Å². The van der Waals surface area contributed by atoms with Crippen LogP contribution in [0.4, 0.5) is 18.9 Å². The van der Waals surface area contributed by atoms with Gasteiger partial charge in [-0.15, -0.1) is 0 Å². The standard InChI is InChI=1S/C25H26F3N3O/c1-4-17-12-20(29-10-9-25(26,27)28)23-30-14-21(31(23)15-17)18-5-6-19(16(2)11-18)22(32)13-24(3)7-8-24/h4-6,11-12,14-15,29H,1,7-10,13H2,2-3H3. The van der Waals surface area contributed by atoms with E-state index in [4.69, 9.17) is 0 Å². The first kappa shape index (κ1) is 22.1. The fourth-order valence-corrected chi connectivity index (χ4v) is 3.91. The highest BCUT2D eigenvalue weighted by Gasteiger charge is 2.39. The fourth-order valence-electron chi connectivity index (χ4n) is 3.91. The molecule has 0 saturated heterocycles. The normalized spacial score (nSPS) is 15.0. The largest absolute Gasteiger partial charge is 0.390 e.